The summed E-state index contributed by atoms with van der Waals surface area (Å²) in [4.78, 5) is 4.43. The van der Waals surface area contributed by atoms with Gasteiger partial charge in [0.15, 0.2) is 0 Å². The van der Waals surface area contributed by atoms with Gasteiger partial charge >= 0.3 is 0 Å². The first-order chi connectivity index (χ1) is 11.2. The molecule has 0 atom stereocenters. The fourth-order valence-corrected chi connectivity index (χ4v) is 2.59. The average molecular weight is 306 g/mol. The van der Waals surface area contributed by atoms with Crippen molar-refractivity contribution in [2.45, 2.75) is 25.9 Å². The molecule has 2 N–H and O–H groups in total. The number of ether oxygens (including phenoxy) is 1. The summed E-state index contributed by atoms with van der Waals surface area (Å²) >= 11 is 0. The van der Waals surface area contributed by atoms with Gasteiger partial charge in [-0.25, -0.2) is 0 Å². The molecule has 0 radical (unpaired) electrons. The largest absolute Gasteiger partial charge is 0.508 e. The van der Waals surface area contributed by atoms with Crippen molar-refractivity contribution >= 4 is 22.3 Å². The van der Waals surface area contributed by atoms with Crippen molar-refractivity contribution in [3.8, 4) is 11.5 Å². The lowest BCUT2D eigenvalue weighted by Gasteiger charge is -2.15. The van der Waals surface area contributed by atoms with Crippen LogP contribution in [0.1, 0.15) is 18.4 Å². The molecule has 1 heterocycles. The number of aromatic hydroxyl groups is 1. The first-order valence-corrected chi connectivity index (χ1v) is 7.81. The maximum Gasteiger partial charge on any atom is 0.146 e. The number of aromatic nitrogens is 1. The van der Waals surface area contributed by atoms with Crippen LogP contribution in [0.5, 0.6) is 11.5 Å². The van der Waals surface area contributed by atoms with Crippen molar-refractivity contribution in [3.63, 3.8) is 0 Å². The number of hydrogen-bond acceptors (Lipinski definition) is 4. The summed E-state index contributed by atoms with van der Waals surface area (Å²) in [6.07, 6.45) is 4.22. The Hall–Kier alpha value is -2.75. The number of phenolic OH excluding ortho intramolecular Hbond substituents is 1. The van der Waals surface area contributed by atoms with Gasteiger partial charge in [-0.3, -0.25) is 4.98 Å². The first-order valence-electron chi connectivity index (χ1n) is 7.81. The molecule has 4 rings (SSSR count). The van der Waals surface area contributed by atoms with Crippen molar-refractivity contribution in [2.75, 3.05) is 5.32 Å². The molecule has 0 spiro atoms. The summed E-state index contributed by atoms with van der Waals surface area (Å²) in [6.45, 7) is 2.06. The summed E-state index contributed by atoms with van der Waals surface area (Å²) in [7, 11) is 0. The molecule has 0 unspecified atom stereocenters. The van der Waals surface area contributed by atoms with Gasteiger partial charge in [0.2, 0.25) is 0 Å². The predicted molar refractivity (Wildman–Crippen MR) is 91.5 cm³/mol. The average Bonchev–Trinajstić information content (AvgIpc) is 3.34. The number of nitrogens with zero attached hydrogens (tertiary/aromatic N) is 1. The van der Waals surface area contributed by atoms with E-state index in [0.717, 1.165) is 35.1 Å². The van der Waals surface area contributed by atoms with Crippen molar-refractivity contribution in [2.24, 2.45) is 0 Å². The van der Waals surface area contributed by atoms with Crippen molar-refractivity contribution in [1.82, 2.24) is 4.98 Å². The summed E-state index contributed by atoms with van der Waals surface area (Å²) in [5, 5.41) is 14.2. The van der Waals surface area contributed by atoms with E-state index in [9.17, 15) is 5.11 Å². The lowest BCUT2D eigenvalue weighted by Crippen LogP contribution is -2.00. The number of rotatable bonds is 4. The normalized spacial score (nSPS) is 14.0. The van der Waals surface area contributed by atoms with Crippen LogP contribution in [0.2, 0.25) is 0 Å². The molecule has 1 aromatic heterocycles. The van der Waals surface area contributed by atoms with Crippen LogP contribution in [0.25, 0.3) is 10.9 Å². The third-order valence-electron chi connectivity index (χ3n) is 3.95. The van der Waals surface area contributed by atoms with E-state index < -0.39 is 0 Å². The van der Waals surface area contributed by atoms with Gasteiger partial charge in [0.25, 0.3) is 0 Å². The van der Waals surface area contributed by atoms with Crippen molar-refractivity contribution in [1.29, 1.82) is 0 Å². The highest BCUT2D eigenvalue weighted by atomic mass is 16.5. The van der Waals surface area contributed by atoms with E-state index in [2.05, 4.69) is 35.4 Å². The molecule has 0 bridgehead atoms. The monoisotopic (exact) mass is 306 g/mol. The second-order valence-electron chi connectivity index (χ2n) is 6.00. The van der Waals surface area contributed by atoms with E-state index in [1.54, 1.807) is 18.3 Å². The fraction of sp³-hybridized carbons (Fsp3) is 0.211. The van der Waals surface area contributed by atoms with Crippen LogP contribution in [-0.2, 0) is 0 Å². The molecule has 0 amide bonds. The molecule has 1 saturated carbocycles. The minimum absolute atomic E-state index is 0.210. The maximum atomic E-state index is 9.72. The van der Waals surface area contributed by atoms with Gasteiger partial charge in [0, 0.05) is 23.3 Å². The number of nitrogens with one attached hydrogen (secondary N) is 1. The molecule has 1 aliphatic rings. The molecule has 0 aliphatic heterocycles. The fourth-order valence-electron chi connectivity index (χ4n) is 2.59. The van der Waals surface area contributed by atoms with Gasteiger partial charge in [-0.2, -0.15) is 0 Å². The van der Waals surface area contributed by atoms with Crippen molar-refractivity contribution < 1.29 is 9.84 Å². The Balaban J connectivity index is 1.73. The third-order valence-corrected chi connectivity index (χ3v) is 3.95. The number of phenols is 1. The first kappa shape index (κ1) is 13.9. The van der Waals surface area contributed by atoms with E-state index in [1.807, 2.05) is 12.1 Å². The Kier molecular flexibility index (Phi) is 3.30. The molecule has 3 aromatic rings. The minimum Gasteiger partial charge on any atom is -0.508 e. The molecule has 116 valence electrons. The second kappa shape index (κ2) is 5.47. The Morgan fingerprint density at radius 1 is 1.09 bits per heavy atom. The Bertz CT molecular complexity index is 872. The number of pyridine rings is 1. The van der Waals surface area contributed by atoms with Crippen LogP contribution >= 0.6 is 0 Å². The Labute approximate surface area is 134 Å². The number of anilines is 2. The van der Waals surface area contributed by atoms with Crippen LogP contribution in [0.4, 0.5) is 11.4 Å². The van der Waals surface area contributed by atoms with Crippen LogP contribution in [0.3, 0.4) is 0 Å². The summed E-state index contributed by atoms with van der Waals surface area (Å²) in [5.74, 6) is 0.894. The number of benzene rings is 2. The summed E-state index contributed by atoms with van der Waals surface area (Å²) in [6, 6.07) is 13.3. The van der Waals surface area contributed by atoms with Crippen LogP contribution in [-0.4, -0.2) is 16.2 Å². The number of hydrogen-bond donors (Lipinski definition) is 2. The lowest BCUT2D eigenvalue weighted by atomic mass is 10.1. The Morgan fingerprint density at radius 3 is 2.78 bits per heavy atom. The van der Waals surface area contributed by atoms with Gasteiger partial charge in [0.1, 0.15) is 11.5 Å². The van der Waals surface area contributed by atoms with Crippen LogP contribution in [0, 0.1) is 6.92 Å². The van der Waals surface area contributed by atoms with Gasteiger partial charge in [-0.15, -0.1) is 0 Å². The molecule has 1 fully saturated rings. The molecule has 4 heteroatoms. The second-order valence-corrected chi connectivity index (χ2v) is 6.00. The zero-order chi connectivity index (χ0) is 15.8. The highest BCUT2D eigenvalue weighted by Crippen LogP contribution is 2.37. The predicted octanol–water partition coefficient (Wildman–Crippen LogP) is 4.53. The van der Waals surface area contributed by atoms with E-state index in [-0.39, 0.29) is 11.9 Å². The smallest absolute Gasteiger partial charge is 0.146 e. The third kappa shape index (κ3) is 2.93. The SMILES string of the molecule is Cc1ccc2c(Nc3ccc(O)cc3OC3CC3)ccnc2c1. The highest BCUT2D eigenvalue weighted by Gasteiger charge is 2.25. The highest BCUT2D eigenvalue weighted by molar-refractivity contribution is 5.93. The van der Waals surface area contributed by atoms with E-state index in [1.165, 1.54) is 5.56 Å². The molecule has 23 heavy (non-hydrogen) atoms. The molecule has 4 nitrogen and oxygen atoms in total. The van der Waals surface area contributed by atoms with Gasteiger partial charge in [-0.1, -0.05) is 12.1 Å². The van der Waals surface area contributed by atoms with E-state index in [0.29, 0.717) is 5.75 Å². The zero-order valence-corrected chi connectivity index (χ0v) is 12.9. The van der Waals surface area contributed by atoms with Crippen molar-refractivity contribution in [3.05, 3.63) is 54.2 Å². The summed E-state index contributed by atoms with van der Waals surface area (Å²) in [5.41, 5.74) is 3.96. The van der Waals surface area contributed by atoms with Gasteiger partial charge < -0.3 is 15.2 Å². The summed E-state index contributed by atoms with van der Waals surface area (Å²) < 4.78 is 5.90. The van der Waals surface area contributed by atoms with Gasteiger partial charge in [-0.05, 0) is 49.6 Å². The van der Waals surface area contributed by atoms with Crippen LogP contribution < -0.4 is 10.1 Å². The van der Waals surface area contributed by atoms with Crippen LogP contribution in [0.15, 0.2) is 48.7 Å². The minimum atomic E-state index is 0.210. The quantitative estimate of drug-likeness (QED) is 0.695. The zero-order valence-electron chi connectivity index (χ0n) is 12.9. The topological polar surface area (TPSA) is 54.4 Å². The lowest BCUT2D eigenvalue weighted by molar-refractivity contribution is 0.303. The molecular formula is C19H18N2O2. The molecule has 2 aromatic carbocycles. The number of aryl methyl sites for hydroxylation is 1. The molecular weight excluding hydrogens is 288 g/mol. The molecule has 1 aliphatic carbocycles. The maximum absolute atomic E-state index is 9.72. The standard InChI is InChI=1S/C19H18N2O2/c1-12-2-6-15-16(8-9-20-18(15)10-12)21-17-7-3-13(22)11-19(17)23-14-4-5-14/h2-3,6-11,14,22H,4-5H2,1H3,(H,20,21). The van der Waals surface area contributed by atoms with E-state index >= 15 is 0 Å². The Morgan fingerprint density at radius 2 is 1.96 bits per heavy atom. The number of fused-ring (bicyclic) bond motifs is 1. The van der Waals surface area contributed by atoms with Gasteiger partial charge in [0.05, 0.1) is 17.3 Å². The van der Waals surface area contributed by atoms with E-state index in [4.69, 9.17) is 4.74 Å². The molecule has 0 saturated heterocycles.